The summed E-state index contributed by atoms with van der Waals surface area (Å²) in [5.41, 5.74) is 0.945. The van der Waals surface area contributed by atoms with Crippen LogP contribution in [0.2, 0.25) is 0 Å². The van der Waals surface area contributed by atoms with Gasteiger partial charge in [-0.25, -0.2) is 14.4 Å². The van der Waals surface area contributed by atoms with Gasteiger partial charge in [-0.15, -0.1) is 0 Å². The maximum absolute atomic E-state index is 12.4. The molecule has 0 saturated carbocycles. The van der Waals surface area contributed by atoms with E-state index >= 15 is 0 Å². The summed E-state index contributed by atoms with van der Waals surface area (Å²) >= 11 is 0. The van der Waals surface area contributed by atoms with Crippen molar-refractivity contribution >= 4 is 28.7 Å². The number of ether oxygens (including phenoxy) is 2. The lowest BCUT2D eigenvalue weighted by atomic mass is 10.1. The summed E-state index contributed by atoms with van der Waals surface area (Å²) in [5, 5.41) is 10.6. The molecule has 0 aliphatic carbocycles. The third-order valence-corrected chi connectivity index (χ3v) is 6.85. The summed E-state index contributed by atoms with van der Waals surface area (Å²) < 4.78 is 10.7. The van der Waals surface area contributed by atoms with Crippen molar-refractivity contribution in [1.82, 2.24) is 0 Å². The summed E-state index contributed by atoms with van der Waals surface area (Å²) in [4.78, 5) is 35.5. The van der Waals surface area contributed by atoms with Crippen LogP contribution in [0.5, 0.6) is 0 Å². The molecule has 6 nitrogen and oxygen atoms in total. The summed E-state index contributed by atoms with van der Waals surface area (Å²) in [6, 6.07) is 19.5. The molecule has 6 heteroatoms. The van der Waals surface area contributed by atoms with Gasteiger partial charge in [-0.2, -0.15) is 0 Å². The van der Waals surface area contributed by atoms with E-state index in [2.05, 4.69) is 13.8 Å². The molecule has 1 N–H and O–H groups in total. The molecule has 0 radical (unpaired) electrons. The first-order valence-electron chi connectivity index (χ1n) is 15.1. The molecule has 3 aromatic rings. The van der Waals surface area contributed by atoms with Crippen LogP contribution in [0.4, 0.5) is 0 Å². The third-order valence-electron chi connectivity index (χ3n) is 6.85. The van der Waals surface area contributed by atoms with Crippen LogP contribution in [-0.2, 0) is 9.47 Å². The molecular formula is C35H46O6. The van der Waals surface area contributed by atoms with Crippen LogP contribution in [0.3, 0.4) is 0 Å². The summed E-state index contributed by atoms with van der Waals surface area (Å²) in [5.74, 6) is -1.77. The lowest BCUT2D eigenvalue weighted by Gasteiger charge is -2.10. The molecular weight excluding hydrogens is 516 g/mol. The predicted molar refractivity (Wildman–Crippen MR) is 165 cm³/mol. The van der Waals surface area contributed by atoms with Crippen LogP contribution in [0, 0.1) is 0 Å². The molecule has 3 aromatic carbocycles. The molecule has 0 atom stereocenters. The van der Waals surface area contributed by atoms with E-state index in [4.69, 9.17) is 14.6 Å². The van der Waals surface area contributed by atoms with Gasteiger partial charge in [0.1, 0.15) is 0 Å². The quantitative estimate of drug-likeness (QED) is 0.130. The smallest absolute Gasteiger partial charge is 0.339 e. The zero-order chi connectivity index (χ0) is 29.7. The monoisotopic (exact) mass is 562 g/mol. The van der Waals surface area contributed by atoms with Crippen molar-refractivity contribution in [3.63, 3.8) is 0 Å². The van der Waals surface area contributed by atoms with Crippen LogP contribution < -0.4 is 0 Å². The van der Waals surface area contributed by atoms with Gasteiger partial charge < -0.3 is 14.6 Å². The normalized spacial score (nSPS) is 10.5. The Labute approximate surface area is 245 Å². The molecule has 0 unspecified atom stereocenters. The fourth-order valence-corrected chi connectivity index (χ4v) is 4.50. The van der Waals surface area contributed by atoms with Crippen LogP contribution in [0.15, 0.2) is 66.7 Å². The number of hydrogen-bond acceptors (Lipinski definition) is 5. The zero-order valence-corrected chi connectivity index (χ0v) is 24.7. The first kappa shape index (κ1) is 33.5. The standard InChI is InChI=1S/C24H38O4.C11H8O2/c1-3-5-7-9-11-15-19-27-23(25)21-17-13-14-18-22(21)24(26)28-20-16-12-10-8-6-4-2;12-11(13)10-7-3-5-8-4-1-2-6-9(8)10/h13-14,17-18H,3-12,15-16,19-20H2,1-2H3;1-7H,(H,12,13). The molecule has 0 amide bonds. The van der Waals surface area contributed by atoms with E-state index in [-0.39, 0.29) is 0 Å². The molecule has 0 fully saturated rings. The highest BCUT2D eigenvalue weighted by Crippen LogP contribution is 2.18. The Bertz CT molecular complexity index is 1150. The third kappa shape index (κ3) is 12.6. The van der Waals surface area contributed by atoms with E-state index < -0.39 is 17.9 Å². The first-order valence-corrected chi connectivity index (χ1v) is 15.1. The molecule has 3 rings (SSSR count). The number of aromatic carboxylic acids is 1. The van der Waals surface area contributed by atoms with Gasteiger partial charge in [0.25, 0.3) is 0 Å². The van der Waals surface area contributed by atoms with Crippen LogP contribution in [0.25, 0.3) is 10.8 Å². The van der Waals surface area contributed by atoms with Crippen molar-refractivity contribution in [2.75, 3.05) is 13.2 Å². The van der Waals surface area contributed by atoms with Crippen molar-refractivity contribution < 1.29 is 29.0 Å². The first-order chi connectivity index (χ1) is 20.0. The van der Waals surface area contributed by atoms with Crippen LogP contribution in [-0.4, -0.2) is 36.2 Å². The summed E-state index contributed by atoms with van der Waals surface area (Å²) in [6.07, 6.45) is 13.6. The van der Waals surface area contributed by atoms with Crippen molar-refractivity contribution in [3.05, 3.63) is 83.4 Å². The average molecular weight is 563 g/mol. The number of carbonyl (C=O) groups excluding carboxylic acids is 2. The minimum atomic E-state index is -0.878. The minimum Gasteiger partial charge on any atom is -0.478 e. The van der Waals surface area contributed by atoms with E-state index in [1.807, 2.05) is 30.3 Å². The van der Waals surface area contributed by atoms with E-state index in [1.54, 1.807) is 36.4 Å². The Balaban J connectivity index is 0.000000372. The highest BCUT2D eigenvalue weighted by Gasteiger charge is 2.18. The second kappa shape index (κ2) is 20.2. The topological polar surface area (TPSA) is 89.9 Å². The number of unbranched alkanes of at least 4 members (excludes halogenated alkanes) is 10. The molecule has 0 spiro atoms. The van der Waals surface area contributed by atoms with Crippen LogP contribution >= 0.6 is 0 Å². The molecule has 0 aromatic heterocycles. The second-order valence-corrected chi connectivity index (χ2v) is 10.2. The Hall–Kier alpha value is -3.67. The largest absolute Gasteiger partial charge is 0.478 e. The van der Waals surface area contributed by atoms with Crippen molar-refractivity contribution in [2.24, 2.45) is 0 Å². The SMILES string of the molecule is CCCCCCCCOC(=O)c1ccccc1C(=O)OCCCCCCCC.O=C(O)c1cccc2ccccc12. The Kier molecular flexibility index (Phi) is 16.6. The number of fused-ring (bicyclic) bond motifs is 1. The van der Waals surface area contributed by atoms with Gasteiger partial charge in [-0.1, -0.05) is 127 Å². The lowest BCUT2D eigenvalue weighted by Crippen LogP contribution is -2.15. The number of hydrogen-bond donors (Lipinski definition) is 1. The average Bonchev–Trinajstić information content (AvgIpc) is 3.00. The number of esters is 2. The fraction of sp³-hybridized carbons (Fsp3) is 0.457. The molecule has 0 aliphatic heterocycles. The van der Waals surface area contributed by atoms with Gasteiger partial charge in [0.2, 0.25) is 0 Å². The maximum Gasteiger partial charge on any atom is 0.339 e. The number of carboxylic acids is 1. The molecule has 0 bridgehead atoms. The van der Waals surface area contributed by atoms with Crippen molar-refractivity contribution in [1.29, 1.82) is 0 Å². The van der Waals surface area contributed by atoms with Gasteiger partial charge in [-0.05, 0) is 41.8 Å². The van der Waals surface area contributed by atoms with Crippen molar-refractivity contribution in [2.45, 2.75) is 90.9 Å². The Morgan fingerprint density at radius 2 is 0.951 bits per heavy atom. The van der Waals surface area contributed by atoms with E-state index in [0.717, 1.165) is 36.5 Å². The van der Waals surface area contributed by atoms with Crippen LogP contribution in [0.1, 0.15) is 122 Å². The molecule has 41 heavy (non-hydrogen) atoms. The van der Waals surface area contributed by atoms with Gasteiger partial charge in [0.05, 0.1) is 29.9 Å². The molecule has 0 heterocycles. The zero-order valence-electron chi connectivity index (χ0n) is 24.7. The van der Waals surface area contributed by atoms with E-state index in [1.165, 1.54) is 51.4 Å². The van der Waals surface area contributed by atoms with E-state index in [0.29, 0.717) is 29.9 Å². The summed E-state index contributed by atoms with van der Waals surface area (Å²) in [7, 11) is 0. The Morgan fingerprint density at radius 1 is 0.537 bits per heavy atom. The lowest BCUT2D eigenvalue weighted by molar-refractivity contribution is 0.0450. The number of benzene rings is 3. The number of carboxylic acid groups (broad SMARTS) is 1. The van der Waals surface area contributed by atoms with Gasteiger partial charge in [0.15, 0.2) is 0 Å². The maximum atomic E-state index is 12.4. The number of rotatable bonds is 17. The minimum absolute atomic E-state index is 0.293. The highest BCUT2D eigenvalue weighted by molar-refractivity contribution is 6.04. The Morgan fingerprint density at radius 3 is 1.46 bits per heavy atom. The molecule has 0 saturated heterocycles. The predicted octanol–water partition coefficient (Wildman–Crippen LogP) is 9.26. The number of carbonyl (C=O) groups is 3. The van der Waals surface area contributed by atoms with Crippen molar-refractivity contribution in [3.8, 4) is 0 Å². The van der Waals surface area contributed by atoms with Gasteiger partial charge in [0, 0.05) is 0 Å². The molecule has 0 aliphatic rings. The van der Waals surface area contributed by atoms with E-state index in [9.17, 15) is 14.4 Å². The fourth-order valence-electron chi connectivity index (χ4n) is 4.50. The second-order valence-electron chi connectivity index (χ2n) is 10.2. The highest BCUT2D eigenvalue weighted by atomic mass is 16.5. The molecule has 222 valence electrons. The van der Waals surface area contributed by atoms with Gasteiger partial charge in [-0.3, -0.25) is 0 Å². The van der Waals surface area contributed by atoms with Gasteiger partial charge >= 0.3 is 17.9 Å². The summed E-state index contributed by atoms with van der Waals surface area (Å²) in [6.45, 7) is 5.17.